The number of likely N-dealkylation sites (tertiary alicyclic amines) is 1. The Balaban J connectivity index is 1.89. The Bertz CT molecular complexity index is 466. The highest BCUT2D eigenvalue weighted by Gasteiger charge is 2.30. The van der Waals surface area contributed by atoms with E-state index in [4.69, 9.17) is 0 Å². The lowest BCUT2D eigenvalue weighted by Crippen LogP contribution is -2.54. The summed E-state index contributed by atoms with van der Waals surface area (Å²) >= 11 is 0. The predicted octanol–water partition coefficient (Wildman–Crippen LogP) is 1.96. The highest BCUT2D eigenvalue weighted by Crippen LogP contribution is 2.23. The molecule has 0 bridgehead atoms. The normalized spacial score (nSPS) is 20.9. The molecule has 5 heteroatoms. The third-order valence-corrected chi connectivity index (χ3v) is 4.13. The van der Waals surface area contributed by atoms with Gasteiger partial charge in [0.2, 0.25) is 0 Å². The minimum atomic E-state index is -0.104. The van der Waals surface area contributed by atoms with E-state index in [2.05, 4.69) is 41.2 Å². The van der Waals surface area contributed by atoms with Crippen LogP contribution in [0.1, 0.15) is 49.8 Å². The number of aromatic amines is 1. The smallest absolute Gasteiger partial charge is 0.271 e. The predicted molar refractivity (Wildman–Crippen MR) is 79.7 cm³/mol. The number of carbonyl (C=O) groups is 1. The van der Waals surface area contributed by atoms with Crippen molar-refractivity contribution in [3.05, 3.63) is 17.5 Å². The van der Waals surface area contributed by atoms with Crippen molar-refractivity contribution < 1.29 is 4.79 Å². The average molecular weight is 278 g/mol. The molecule has 1 aromatic rings. The monoisotopic (exact) mass is 278 g/mol. The second-order valence-corrected chi connectivity index (χ2v) is 6.62. The Kier molecular flexibility index (Phi) is 4.48. The first-order valence-electron chi connectivity index (χ1n) is 7.44. The van der Waals surface area contributed by atoms with Crippen LogP contribution in [0.2, 0.25) is 0 Å². The molecule has 1 aromatic heterocycles. The second-order valence-electron chi connectivity index (χ2n) is 6.62. The largest absolute Gasteiger partial charge is 0.349 e. The van der Waals surface area contributed by atoms with Crippen molar-refractivity contribution in [3.63, 3.8) is 0 Å². The summed E-state index contributed by atoms with van der Waals surface area (Å²) in [5.74, 6) is 0.639. The molecule has 1 amide bonds. The molecular formula is C15H26N4O. The van der Waals surface area contributed by atoms with Gasteiger partial charge in [-0.2, -0.15) is 5.10 Å². The Hall–Kier alpha value is -1.36. The van der Waals surface area contributed by atoms with Crippen molar-refractivity contribution in [2.75, 3.05) is 19.6 Å². The van der Waals surface area contributed by atoms with Crippen molar-refractivity contribution >= 4 is 5.91 Å². The zero-order valence-corrected chi connectivity index (χ0v) is 13.0. The second kappa shape index (κ2) is 5.95. The molecule has 0 aromatic carbocycles. The summed E-state index contributed by atoms with van der Waals surface area (Å²) < 4.78 is 0. The number of hydrogen-bond acceptors (Lipinski definition) is 3. The standard InChI is InChI=1S/C15H26N4O/c1-11-6-5-7-19(9-11)15(3,4)10-16-14(20)13-8-12(2)17-18-13/h8,11H,5-7,9-10H2,1-4H3,(H,16,20)(H,17,18). The molecule has 1 aliphatic heterocycles. The van der Waals surface area contributed by atoms with Gasteiger partial charge in [-0.05, 0) is 52.1 Å². The Morgan fingerprint density at radius 2 is 2.35 bits per heavy atom. The lowest BCUT2D eigenvalue weighted by atomic mass is 9.93. The fourth-order valence-corrected chi connectivity index (χ4v) is 2.77. The van der Waals surface area contributed by atoms with Gasteiger partial charge in [-0.3, -0.25) is 14.8 Å². The quantitative estimate of drug-likeness (QED) is 0.885. The summed E-state index contributed by atoms with van der Waals surface area (Å²) in [5.41, 5.74) is 1.35. The molecule has 1 fully saturated rings. The molecule has 0 radical (unpaired) electrons. The molecule has 20 heavy (non-hydrogen) atoms. The molecule has 5 nitrogen and oxygen atoms in total. The number of hydrogen-bond donors (Lipinski definition) is 2. The van der Waals surface area contributed by atoms with Gasteiger partial charge in [0.15, 0.2) is 0 Å². The zero-order valence-electron chi connectivity index (χ0n) is 13.0. The summed E-state index contributed by atoms with van der Waals surface area (Å²) in [6.07, 6.45) is 2.56. The van der Waals surface area contributed by atoms with Crippen molar-refractivity contribution in [2.45, 2.75) is 46.1 Å². The van der Waals surface area contributed by atoms with Crippen LogP contribution in [0.4, 0.5) is 0 Å². The van der Waals surface area contributed by atoms with Gasteiger partial charge in [-0.1, -0.05) is 6.92 Å². The number of aromatic nitrogens is 2. The van der Waals surface area contributed by atoms with Gasteiger partial charge in [0.1, 0.15) is 5.69 Å². The van der Waals surface area contributed by atoms with Crippen LogP contribution in [0.5, 0.6) is 0 Å². The van der Waals surface area contributed by atoms with Crippen molar-refractivity contribution in [2.24, 2.45) is 5.92 Å². The first kappa shape index (κ1) is 15.0. The first-order valence-corrected chi connectivity index (χ1v) is 7.44. The molecule has 2 heterocycles. The van der Waals surface area contributed by atoms with Gasteiger partial charge < -0.3 is 5.32 Å². The number of aryl methyl sites for hydroxylation is 1. The molecular weight excluding hydrogens is 252 g/mol. The Morgan fingerprint density at radius 3 is 2.95 bits per heavy atom. The van der Waals surface area contributed by atoms with Crippen LogP contribution in [0.25, 0.3) is 0 Å². The molecule has 0 aliphatic carbocycles. The lowest BCUT2D eigenvalue weighted by molar-refractivity contribution is 0.0656. The van der Waals surface area contributed by atoms with Crippen molar-refractivity contribution in [3.8, 4) is 0 Å². The minimum absolute atomic E-state index is 0.0182. The van der Waals surface area contributed by atoms with E-state index < -0.39 is 0 Å². The Labute approximate surface area is 121 Å². The summed E-state index contributed by atoms with van der Waals surface area (Å²) in [7, 11) is 0. The first-order chi connectivity index (χ1) is 9.38. The van der Waals surface area contributed by atoms with Crippen LogP contribution in [-0.4, -0.2) is 46.2 Å². The van der Waals surface area contributed by atoms with Crippen LogP contribution in [0.3, 0.4) is 0 Å². The molecule has 2 rings (SSSR count). The SMILES string of the molecule is Cc1cc(C(=O)NCC(C)(C)N2CCCC(C)C2)n[nH]1. The molecule has 1 aliphatic rings. The lowest BCUT2D eigenvalue weighted by Gasteiger charge is -2.43. The van der Waals surface area contributed by atoms with E-state index in [1.54, 1.807) is 6.07 Å². The maximum Gasteiger partial charge on any atom is 0.271 e. The van der Waals surface area contributed by atoms with E-state index in [-0.39, 0.29) is 11.4 Å². The topological polar surface area (TPSA) is 61.0 Å². The number of rotatable bonds is 4. The van der Waals surface area contributed by atoms with E-state index in [0.717, 1.165) is 24.7 Å². The molecule has 0 saturated carbocycles. The Morgan fingerprint density at radius 1 is 1.60 bits per heavy atom. The third kappa shape index (κ3) is 3.60. The summed E-state index contributed by atoms with van der Waals surface area (Å²) in [5, 5.41) is 9.79. The number of piperidine rings is 1. The van der Waals surface area contributed by atoms with Gasteiger partial charge in [-0.15, -0.1) is 0 Å². The molecule has 112 valence electrons. The van der Waals surface area contributed by atoms with E-state index in [0.29, 0.717) is 12.2 Å². The number of nitrogens with one attached hydrogen (secondary N) is 2. The van der Waals surface area contributed by atoms with Crippen LogP contribution in [-0.2, 0) is 0 Å². The minimum Gasteiger partial charge on any atom is -0.349 e. The molecule has 0 spiro atoms. The van der Waals surface area contributed by atoms with E-state index in [1.165, 1.54) is 12.8 Å². The molecule has 1 unspecified atom stereocenters. The number of amides is 1. The van der Waals surface area contributed by atoms with Crippen LogP contribution in [0, 0.1) is 12.8 Å². The van der Waals surface area contributed by atoms with Crippen molar-refractivity contribution in [1.29, 1.82) is 0 Å². The average Bonchev–Trinajstić information content (AvgIpc) is 2.83. The van der Waals surface area contributed by atoms with Crippen LogP contribution in [0.15, 0.2) is 6.07 Å². The van der Waals surface area contributed by atoms with Gasteiger partial charge in [0.25, 0.3) is 5.91 Å². The van der Waals surface area contributed by atoms with Gasteiger partial charge in [0.05, 0.1) is 0 Å². The molecule has 1 atom stereocenters. The number of carbonyl (C=O) groups excluding carboxylic acids is 1. The number of H-pyrrole nitrogens is 1. The fraction of sp³-hybridized carbons (Fsp3) is 0.733. The maximum atomic E-state index is 12.0. The summed E-state index contributed by atoms with van der Waals surface area (Å²) in [6.45, 7) is 11.5. The third-order valence-electron chi connectivity index (χ3n) is 4.13. The van der Waals surface area contributed by atoms with Gasteiger partial charge in [-0.25, -0.2) is 0 Å². The van der Waals surface area contributed by atoms with Gasteiger partial charge >= 0.3 is 0 Å². The van der Waals surface area contributed by atoms with Crippen LogP contribution >= 0.6 is 0 Å². The summed E-state index contributed by atoms with van der Waals surface area (Å²) in [4.78, 5) is 14.5. The van der Waals surface area contributed by atoms with E-state index >= 15 is 0 Å². The molecule has 2 N–H and O–H groups in total. The zero-order chi connectivity index (χ0) is 14.8. The van der Waals surface area contributed by atoms with Crippen molar-refractivity contribution in [1.82, 2.24) is 20.4 Å². The highest BCUT2D eigenvalue weighted by atomic mass is 16.1. The van der Waals surface area contributed by atoms with Crippen LogP contribution < -0.4 is 5.32 Å². The van der Waals surface area contributed by atoms with E-state index in [1.807, 2.05) is 6.92 Å². The summed E-state index contributed by atoms with van der Waals surface area (Å²) in [6, 6.07) is 1.77. The maximum absolute atomic E-state index is 12.0. The number of nitrogens with zero attached hydrogens (tertiary/aromatic N) is 2. The fourth-order valence-electron chi connectivity index (χ4n) is 2.77. The van der Waals surface area contributed by atoms with Gasteiger partial charge in [0, 0.05) is 24.3 Å². The van der Waals surface area contributed by atoms with E-state index in [9.17, 15) is 4.79 Å². The highest BCUT2D eigenvalue weighted by molar-refractivity contribution is 5.92. The molecule has 1 saturated heterocycles.